The molecule has 0 aliphatic carbocycles. The number of ether oxygens (including phenoxy) is 4. The number of aliphatic hydroxyl groups excluding tert-OH is 1. The highest BCUT2D eigenvalue weighted by Crippen LogP contribution is 2.46. The van der Waals surface area contributed by atoms with Crippen molar-refractivity contribution in [3.63, 3.8) is 0 Å². The molecule has 0 saturated carbocycles. The van der Waals surface area contributed by atoms with E-state index in [1.807, 2.05) is 31.2 Å². The van der Waals surface area contributed by atoms with Gasteiger partial charge in [0.05, 0.1) is 42.8 Å². The van der Waals surface area contributed by atoms with Gasteiger partial charge in [-0.05, 0) is 50.9 Å². The number of carbonyl (C=O) groups is 2. The third-order valence-electron chi connectivity index (χ3n) is 7.08. The van der Waals surface area contributed by atoms with Gasteiger partial charge < -0.3 is 34.7 Å². The van der Waals surface area contributed by atoms with Crippen molar-refractivity contribution < 1.29 is 51.7 Å². The Balaban J connectivity index is 1.77. The Morgan fingerprint density at radius 3 is 2.33 bits per heavy atom. The van der Waals surface area contributed by atoms with E-state index >= 15 is 0 Å². The van der Waals surface area contributed by atoms with Crippen LogP contribution in [0.3, 0.4) is 0 Å². The number of halogens is 3. The SMILES string of the molecule is COC(=O)C1=C(C)NC(C(F)(F)F)=C(C(=O)OC)C1c1cc([N+](=O)[O-])ccc1OCCCCNCC(O)COc1ccccc1C. The molecule has 250 valence electrons. The summed E-state index contributed by atoms with van der Waals surface area (Å²) >= 11 is 0. The molecule has 15 heteroatoms. The number of allylic oxidation sites excluding steroid dienone is 2. The van der Waals surface area contributed by atoms with Crippen molar-refractivity contribution in [1.82, 2.24) is 10.6 Å². The Labute approximate surface area is 263 Å². The number of esters is 2. The number of para-hydroxylation sites is 1. The second kappa shape index (κ2) is 16.1. The Morgan fingerprint density at radius 1 is 1.02 bits per heavy atom. The topological polar surface area (TPSA) is 158 Å². The van der Waals surface area contributed by atoms with Crippen molar-refractivity contribution in [3.8, 4) is 11.5 Å². The first-order valence-corrected chi connectivity index (χ1v) is 14.2. The number of nitrogens with one attached hydrogen (secondary N) is 2. The van der Waals surface area contributed by atoms with Crippen molar-refractivity contribution >= 4 is 17.6 Å². The largest absolute Gasteiger partial charge is 0.493 e. The molecule has 0 spiro atoms. The van der Waals surface area contributed by atoms with Gasteiger partial charge in [-0.2, -0.15) is 13.2 Å². The summed E-state index contributed by atoms with van der Waals surface area (Å²) in [5, 5.41) is 27.0. The van der Waals surface area contributed by atoms with Crippen LogP contribution < -0.4 is 20.1 Å². The molecule has 3 rings (SSSR count). The van der Waals surface area contributed by atoms with Crippen LogP contribution in [0.15, 0.2) is 65.0 Å². The maximum Gasteiger partial charge on any atom is 0.431 e. The van der Waals surface area contributed by atoms with Crippen LogP contribution in [-0.4, -0.2) is 74.8 Å². The summed E-state index contributed by atoms with van der Waals surface area (Å²) in [6.45, 7) is 3.98. The maximum atomic E-state index is 14.2. The Morgan fingerprint density at radius 2 is 1.70 bits per heavy atom. The quantitative estimate of drug-likeness (QED) is 0.110. The van der Waals surface area contributed by atoms with Crippen molar-refractivity contribution in [2.45, 2.75) is 44.9 Å². The van der Waals surface area contributed by atoms with Crippen molar-refractivity contribution in [3.05, 3.63) is 86.2 Å². The fraction of sp³-hybridized carbons (Fsp3) is 0.419. The Bertz CT molecular complexity index is 1490. The van der Waals surface area contributed by atoms with Crippen molar-refractivity contribution in [2.75, 3.05) is 40.5 Å². The van der Waals surface area contributed by atoms with Gasteiger partial charge in [-0.3, -0.25) is 10.1 Å². The van der Waals surface area contributed by atoms with E-state index in [0.717, 1.165) is 31.9 Å². The summed E-state index contributed by atoms with van der Waals surface area (Å²) in [6, 6.07) is 10.7. The summed E-state index contributed by atoms with van der Waals surface area (Å²) in [4.78, 5) is 36.6. The van der Waals surface area contributed by atoms with Gasteiger partial charge in [0.2, 0.25) is 0 Å². The van der Waals surface area contributed by atoms with Gasteiger partial charge in [-0.1, -0.05) is 18.2 Å². The number of nitrogens with zero attached hydrogens (tertiary/aromatic N) is 1. The molecule has 1 heterocycles. The smallest absolute Gasteiger partial charge is 0.431 e. The highest BCUT2D eigenvalue weighted by atomic mass is 19.4. The van der Waals surface area contributed by atoms with Crippen LogP contribution in [0.25, 0.3) is 0 Å². The molecule has 12 nitrogen and oxygen atoms in total. The van der Waals surface area contributed by atoms with Gasteiger partial charge in [0.1, 0.15) is 29.9 Å². The highest BCUT2D eigenvalue weighted by molar-refractivity contribution is 6.00. The lowest BCUT2D eigenvalue weighted by Gasteiger charge is -2.32. The van der Waals surface area contributed by atoms with Crippen LogP contribution >= 0.6 is 0 Å². The molecule has 1 aliphatic heterocycles. The molecule has 0 bridgehead atoms. The number of hydrogen-bond donors (Lipinski definition) is 3. The zero-order valence-electron chi connectivity index (χ0n) is 25.7. The lowest BCUT2D eigenvalue weighted by Crippen LogP contribution is -2.38. The van der Waals surface area contributed by atoms with E-state index in [4.69, 9.17) is 14.2 Å². The van der Waals surface area contributed by atoms with E-state index in [1.165, 1.54) is 13.0 Å². The number of carbonyl (C=O) groups excluding carboxylic acids is 2. The number of unbranched alkanes of at least 4 members (excludes halogenated alkanes) is 1. The van der Waals surface area contributed by atoms with Gasteiger partial charge in [0.15, 0.2) is 0 Å². The molecule has 0 aromatic heterocycles. The lowest BCUT2D eigenvalue weighted by molar-refractivity contribution is -0.384. The van der Waals surface area contributed by atoms with E-state index in [2.05, 4.69) is 15.4 Å². The van der Waals surface area contributed by atoms with E-state index in [-0.39, 0.29) is 42.3 Å². The van der Waals surface area contributed by atoms with Crippen LogP contribution in [0.4, 0.5) is 18.9 Å². The number of methoxy groups -OCH3 is 2. The first-order chi connectivity index (χ1) is 21.8. The molecule has 2 aromatic rings. The fourth-order valence-corrected chi connectivity index (χ4v) is 4.85. The molecule has 0 amide bonds. The number of hydrogen-bond acceptors (Lipinski definition) is 11. The zero-order chi connectivity index (χ0) is 34.0. The average Bonchev–Trinajstić information content (AvgIpc) is 3.02. The molecular formula is C31H36F3N3O9. The number of nitro benzene ring substituents is 1. The van der Waals surface area contributed by atoms with Crippen LogP contribution in [0.2, 0.25) is 0 Å². The Hall–Kier alpha value is -4.63. The fourth-order valence-electron chi connectivity index (χ4n) is 4.85. The van der Waals surface area contributed by atoms with E-state index in [0.29, 0.717) is 25.1 Å². The average molecular weight is 652 g/mol. The summed E-state index contributed by atoms with van der Waals surface area (Å²) in [5.41, 5.74) is -2.90. The molecule has 2 unspecified atom stereocenters. The zero-order valence-corrected chi connectivity index (χ0v) is 25.7. The standard InChI is InChI=1S/C31H36F3N3O9/c1-18-9-5-6-10-23(18)46-17-21(38)16-35-13-7-8-14-45-24-12-11-20(37(41)42)15-22(24)26-25(29(39)43-3)19(2)36-28(31(32,33)34)27(26)30(40)44-4/h5-6,9-12,15,21,26,35-36,38H,7-8,13-14,16-17H2,1-4H3. The number of alkyl halides is 3. The minimum Gasteiger partial charge on any atom is -0.493 e. The Kier molecular flexibility index (Phi) is 12.5. The number of nitro groups is 1. The van der Waals surface area contributed by atoms with Gasteiger partial charge in [0.25, 0.3) is 5.69 Å². The molecule has 0 saturated heterocycles. The first-order valence-electron chi connectivity index (χ1n) is 14.2. The molecule has 1 aliphatic rings. The molecule has 2 aromatic carbocycles. The number of aryl methyl sites for hydroxylation is 1. The van der Waals surface area contributed by atoms with Gasteiger partial charge in [0, 0.05) is 29.9 Å². The predicted octanol–water partition coefficient (Wildman–Crippen LogP) is 4.21. The minimum absolute atomic E-state index is 0.0378. The second-order valence-corrected chi connectivity index (χ2v) is 10.3. The number of benzene rings is 2. The van der Waals surface area contributed by atoms with Gasteiger partial charge >= 0.3 is 18.1 Å². The van der Waals surface area contributed by atoms with E-state index in [1.54, 1.807) is 0 Å². The number of aliphatic hydroxyl groups is 1. The van der Waals surface area contributed by atoms with E-state index < -0.39 is 52.0 Å². The number of dihydropyridines is 1. The third kappa shape index (κ3) is 8.97. The summed E-state index contributed by atoms with van der Waals surface area (Å²) in [6.07, 6.45) is -4.83. The van der Waals surface area contributed by atoms with Crippen molar-refractivity contribution in [2.24, 2.45) is 0 Å². The summed E-state index contributed by atoms with van der Waals surface area (Å²) in [7, 11) is 1.88. The third-order valence-corrected chi connectivity index (χ3v) is 7.08. The lowest BCUT2D eigenvalue weighted by atomic mass is 9.79. The minimum atomic E-state index is -5.08. The monoisotopic (exact) mass is 651 g/mol. The highest BCUT2D eigenvalue weighted by Gasteiger charge is 2.48. The number of rotatable bonds is 15. The van der Waals surface area contributed by atoms with Crippen molar-refractivity contribution in [1.29, 1.82) is 0 Å². The molecule has 0 fully saturated rings. The molecular weight excluding hydrogens is 615 g/mol. The molecule has 3 N–H and O–H groups in total. The molecule has 46 heavy (non-hydrogen) atoms. The normalized spacial score (nSPS) is 15.6. The number of non-ortho nitro benzene ring substituents is 1. The van der Waals surface area contributed by atoms with Gasteiger partial charge in [-0.15, -0.1) is 0 Å². The molecule has 2 atom stereocenters. The van der Waals surface area contributed by atoms with E-state index in [9.17, 15) is 38.0 Å². The second-order valence-electron chi connectivity index (χ2n) is 10.3. The summed E-state index contributed by atoms with van der Waals surface area (Å²) in [5.74, 6) is -3.65. The van der Waals surface area contributed by atoms with Gasteiger partial charge in [-0.25, -0.2) is 9.59 Å². The van der Waals surface area contributed by atoms with Crippen LogP contribution in [0, 0.1) is 17.0 Å². The van der Waals surface area contributed by atoms with Crippen LogP contribution in [-0.2, 0) is 19.1 Å². The van der Waals surface area contributed by atoms with Crippen LogP contribution in [0.1, 0.15) is 36.8 Å². The molecule has 0 radical (unpaired) electrons. The maximum absolute atomic E-state index is 14.2. The summed E-state index contributed by atoms with van der Waals surface area (Å²) < 4.78 is 63.5. The first kappa shape index (κ1) is 35.8. The van der Waals surface area contributed by atoms with Crippen LogP contribution in [0.5, 0.6) is 11.5 Å². The predicted molar refractivity (Wildman–Crippen MR) is 159 cm³/mol.